The molecule has 0 N–H and O–H groups in total. The minimum atomic E-state index is -0.496. The van der Waals surface area contributed by atoms with Crippen LogP contribution in [0.15, 0.2) is 42.5 Å². The van der Waals surface area contributed by atoms with E-state index in [0.29, 0.717) is 12.4 Å². The van der Waals surface area contributed by atoms with Crippen LogP contribution in [0.2, 0.25) is 5.02 Å². The molecule has 0 radical (unpaired) electrons. The lowest BCUT2D eigenvalue weighted by molar-refractivity contribution is -0.384. The Hall–Kier alpha value is -2.09. The Bertz CT molecular complexity index is 838. The molecule has 0 bridgehead atoms. The predicted molar refractivity (Wildman–Crippen MR) is 105 cm³/mol. The molecule has 0 amide bonds. The fraction of sp³-hybridized carbons (Fsp3) is 0.368. The molecule has 6 nitrogen and oxygen atoms in total. The van der Waals surface area contributed by atoms with Gasteiger partial charge in [-0.15, -0.1) is 0 Å². The van der Waals surface area contributed by atoms with Crippen molar-refractivity contribution in [2.75, 3.05) is 0 Å². The zero-order chi connectivity index (χ0) is 19.8. The number of rotatable bonds is 5. The van der Waals surface area contributed by atoms with Crippen molar-refractivity contribution in [2.24, 2.45) is 0 Å². The van der Waals surface area contributed by atoms with Crippen LogP contribution in [0.1, 0.15) is 33.3 Å². The van der Waals surface area contributed by atoms with E-state index in [9.17, 15) is 10.1 Å². The van der Waals surface area contributed by atoms with Crippen molar-refractivity contribution in [1.82, 2.24) is 0 Å². The second-order valence-corrected chi connectivity index (χ2v) is 7.90. The lowest BCUT2D eigenvalue weighted by atomic mass is 9.79. The van der Waals surface area contributed by atoms with Gasteiger partial charge in [0.1, 0.15) is 12.4 Å². The van der Waals surface area contributed by atoms with E-state index in [-0.39, 0.29) is 21.9 Å². The molecule has 2 aromatic carbocycles. The highest BCUT2D eigenvalue weighted by atomic mass is 35.5. The van der Waals surface area contributed by atoms with Gasteiger partial charge in [0.15, 0.2) is 0 Å². The molecule has 1 heterocycles. The minimum absolute atomic E-state index is 0.0703. The predicted octanol–water partition coefficient (Wildman–Crippen LogP) is 4.13. The van der Waals surface area contributed by atoms with Gasteiger partial charge in [0.05, 0.1) is 21.1 Å². The smallest absolute Gasteiger partial charge is 0.487 e. The lowest BCUT2D eigenvalue weighted by Gasteiger charge is -2.32. The van der Waals surface area contributed by atoms with E-state index >= 15 is 0 Å². The van der Waals surface area contributed by atoms with E-state index < -0.39 is 12.0 Å². The van der Waals surface area contributed by atoms with Crippen molar-refractivity contribution in [3.8, 4) is 5.75 Å². The van der Waals surface area contributed by atoms with Crippen LogP contribution in [0, 0.1) is 10.1 Å². The second kappa shape index (κ2) is 7.15. The van der Waals surface area contributed by atoms with Gasteiger partial charge in [0, 0.05) is 12.1 Å². The molecule has 27 heavy (non-hydrogen) atoms. The maximum Gasteiger partial charge on any atom is 0.494 e. The van der Waals surface area contributed by atoms with Crippen LogP contribution < -0.4 is 10.2 Å². The van der Waals surface area contributed by atoms with E-state index in [4.69, 9.17) is 25.6 Å². The summed E-state index contributed by atoms with van der Waals surface area (Å²) < 4.78 is 17.8. The van der Waals surface area contributed by atoms with Gasteiger partial charge in [0.25, 0.3) is 5.69 Å². The number of nitro groups is 1. The van der Waals surface area contributed by atoms with Crippen LogP contribution in [0.25, 0.3) is 0 Å². The summed E-state index contributed by atoms with van der Waals surface area (Å²) in [4.78, 5) is 10.3. The van der Waals surface area contributed by atoms with Crippen molar-refractivity contribution >= 4 is 29.9 Å². The van der Waals surface area contributed by atoms with Crippen LogP contribution in [0.3, 0.4) is 0 Å². The molecule has 3 rings (SSSR count). The summed E-state index contributed by atoms with van der Waals surface area (Å²) >= 11 is 6.04. The first-order valence-electron chi connectivity index (χ1n) is 8.60. The van der Waals surface area contributed by atoms with Crippen LogP contribution in [-0.2, 0) is 15.9 Å². The van der Waals surface area contributed by atoms with Gasteiger partial charge >= 0.3 is 7.12 Å². The molecule has 0 atom stereocenters. The second-order valence-electron chi connectivity index (χ2n) is 7.49. The zero-order valence-electron chi connectivity index (χ0n) is 15.7. The van der Waals surface area contributed by atoms with Crippen LogP contribution >= 0.6 is 11.6 Å². The molecule has 0 aromatic heterocycles. The van der Waals surface area contributed by atoms with Gasteiger partial charge in [-0.2, -0.15) is 0 Å². The molecule has 1 fully saturated rings. The summed E-state index contributed by atoms with van der Waals surface area (Å²) in [5.74, 6) is 0.400. The van der Waals surface area contributed by atoms with Gasteiger partial charge in [-0.05, 0) is 44.8 Å². The van der Waals surface area contributed by atoms with E-state index in [1.165, 1.54) is 18.2 Å². The Morgan fingerprint density at radius 1 is 1.07 bits per heavy atom. The van der Waals surface area contributed by atoms with E-state index in [1.54, 1.807) is 0 Å². The van der Waals surface area contributed by atoms with E-state index in [1.807, 2.05) is 52.0 Å². The maximum absolute atomic E-state index is 10.8. The molecular formula is C19H21BClNO5. The average molecular weight is 390 g/mol. The number of halogens is 1. The van der Waals surface area contributed by atoms with Crippen LogP contribution in [0.5, 0.6) is 5.75 Å². The van der Waals surface area contributed by atoms with Crippen molar-refractivity contribution in [1.29, 1.82) is 0 Å². The van der Waals surface area contributed by atoms with Gasteiger partial charge in [0.2, 0.25) is 0 Å². The molecule has 142 valence electrons. The van der Waals surface area contributed by atoms with Crippen molar-refractivity contribution < 1.29 is 19.0 Å². The summed E-state index contributed by atoms with van der Waals surface area (Å²) in [6.45, 7) is 8.36. The van der Waals surface area contributed by atoms with Crippen molar-refractivity contribution in [3.05, 3.63) is 63.2 Å². The van der Waals surface area contributed by atoms with Crippen LogP contribution in [-0.4, -0.2) is 23.2 Å². The van der Waals surface area contributed by atoms with Crippen molar-refractivity contribution in [3.63, 3.8) is 0 Å². The maximum atomic E-state index is 10.8. The standard InChI is InChI=1S/C19H21BClNO5/c1-18(2)19(3,4)27-20(26-18)14-7-5-13(6-8-14)12-25-17-10-9-15(22(23)24)11-16(17)21/h5-11H,12H2,1-4H3. The van der Waals surface area contributed by atoms with Gasteiger partial charge < -0.3 is 14.0 Å². The van der Waals surface area contributed by atoms with E-state index in [0.717, 1.165) is 11.0 Å². The van der Waals surface area contributed by atoms with Crippen molar-refractivity contribution in [2.45, 2.75) is 45.5 Å². The largest absolute Gasteiger partial charge is 0.494 e. The monoisotopic (exact) mass is 389 g/mol. The third-order valence-electron chi connectivity index (χ3n) is 5.03. The number of hydrogen-bond acceptors (Lipinski definition) is 5. The highest BCUT2D eigenvalue weighted by molar-refractivity contribution is 6.62. The Morgan fingerprint density at radius 3 is 2.19 bits per heavy atom. The molecule has 1 aliphatic heterocycles. The Morgan fingerprint density at radius 2 is 1.67 bits per heavy atom. The van der Waals surface area contributed by atoms with Gasteiger partial charge in [-0.25, -0.2) is 0 Å². The molecule has 2 aromatic rings. The normalized spacial score (nSPS) is 17.7. The molecule has 0 aliphatic carbocycles. The number of benzene rings is 2. The summed E-state index contributed by atoms with van der Waals surface area (Å²) in [5, 5.41) is 11.0. The molecule has 8 heteroatoms. The number of nitrogens with zero attached hydrogens (tertiary/aromatic N) is 1. The van der Waals surface area contributed by atoms with Gasteiger partial charge in [-0.3, -0.25) is 10.1 Å². The molecule has 1 saturated heterocycles. The third kappa shape index (κ3) is 4.10. The molecule has 0 spiro atoms. The molecule has 0 saturated carbocycles. The average Bonchev–Trinajstić information content (AvgIpc) is 2.82. The first kappa shape index (κ1) is 19.7. The number of hydrogen-bond donors (Lipinski definition) is 0. The SMILES string of the molecule is CC1(C)OB(c2ccc(COc3ccc([N+](=O)[O-])cc3Cl)cc2)OC1(C)C. The number of nitro benzene ring substituents is 1. The first-order valence-corrected chi connectivity index (χ1v) is 8.98. The summed E-state index contributed by atoms with van der Waals surface area (Å²) in [6, 6.07) is 11.9. The Balaban J connectivity index is 1.64. The third-order valence-corrected chi connectivity index (χ3v) is 5.32. The molecular weight excluding hydrogens is 368 g/mol. The van der Waals surface area contributed by atoms with Gasteiger partial charge in [-0.1, -0.05) is 35.9 Å². The topological polar surface area (TPSA) is 70.8 Å². The highest BCUT2D eigenvalue weighted by Gasteiger charge is 2.51. The lowest BCUT2D eigenvalue weighted by Crippen LogP contribution is -2.41. The summed E-state index contributed by atoms with van der Waals surface area (Å²) in [7, 11) is -0.408. The quantitative estimate of drug-likeness (QED) is 0.437. The van der Waals surface area contributed by atoms with E-state index in [2.05, 4.69) is 0 Å². The Kier molecular flexibility index (Phi) is 5.21. The number of ether oxygens (including phenoxy) is 1. The molecule has 0 unspecified atom stereocenters. The minimum Gasteiger partial charge on any atom is -0.487 e. The molecule has 1 aliphatic rings. The number of non-ortho nitro benzene ring substituents is 1. The van der Waals surface area contributed by atoms with Crippen LogP contribution in [0.4, 0.5) is 5.69 Å². The Labute approximate surface area is 163 Å². The fourth-order valence-corrected chi connectivity index (χ4v) is 2.86. The summed E-state index contributed by atoms with van der Waals surface area (Å²) in [6.07, 6.45) is 0. The highest BCUT2D eigenvalue weighted by Crippen LogP contribution is 2.36. The summed E-state index contributed by atoms with van der Waals surface area (Å²) in [5.41, 5.74) is 1.03. The first-order chi connectivity index (χ1) is 12.6. The zero-order valence-corrected chi connectivity index (χ0v) is 16.4. The fourth-order valence-electron chi connectivity index (χ4n) is 2.63.